The van der Waals surface area contributed by atoms with Crippen molar-refractivity contribution in [1.29, 1.82) is 0 Å². The summed E-state index contributed by atoms with van der Waals surface area (Å²) in [5.74, 6) is -1.62. The van der Waals surface area contributed by atoms with Gasteiger partial charge in [-0.2, -0.15) is 0 Å². The summed E-state index contributed by atoms with van der Waals surface area (Å²) >= 11 is 0. The molecule has 9 heteroatoms. The van der Waals surface area contributed by atoms with E-state index < -0.39 is 23.3 Å². The van der Waals surface area contributed by atoms with E-state index in [1.165, 1.54) is 19.0 Å². The van der Waals surface area contributed by atoms with Crippen LogP contribution in [0.2, 0.25) is 0 Å². The van der Waals surface area contributed by atoms with Crippen molar-refractivity contribution in [2.24, 2.45) is 0 Å². The zero-order valence-electron chi connectivity index (χ0n) is 18.5. The number of nitrogens with one attached hydrogen (secondary N) is 2. The lowest BCUT2D eigenvalue weighted by atomic mass is 9.80. The highest BCUT2D eigenvalue weighted by atomic mass is 16.5. The van der Waals surface area contributed by atoms with Crippen LogP contribution >= 0.6 is 0 Å². The minimum Gasteiger partial charge on any atom is -0.378 e. The first-order valence-electron chi connectivity index (χ1n) is 11.0. The number of Topliss-reactive ketones (excluding diaryl/α,β-unsaturated/α-hetero) is 1. The molecule has 0 aromatic heterocycles. The Morgan fingerprint density at radius 3 is 2.27 bits per heavy atom. The van der Waals surface area contributed by atoms with Crippen LogP contribution in [-0.2, 0) is 19.1 Å². The number of hydrogen-bond acceptors (Lipinski definition) is 5. The number of rotatable bonds is 8. The van der Waals surface area contributed by atoms with Crippen molar-refractivity contribution >= 4 is 23.6 Å². The Balaban J connectivity index is 2.15. The van der Waals surface area contributed by atoms with E-state index in [-0.39, 0.29) is 11.9 Å². The number of urea groups is 1. The average molecular weight is 425 g/mol. The number of ether oxygens (including phenoxy) is 1. The Morgan fingerprint density at radius 2 is 1.70 bits per heavy atom. The van der Waals surface area contributed by atoms with Crippen LogP contribution in [0.25, 0.3) is 0 Å². The van der Waals surface area contributed by atoms with Crippen LogP contribution < -0.4 is 10.6 Å². The summed E-state index contributed by atoms with van der Waals surface area (Å²) < 4.78 is 5.30. The van der Waals surface area contributed by atoms with Crippen LogP contribution in [0.3, 0.4) is 0 Å². The number of morpholine rings is 1. The summed E-state index contributed by atoms with van der Waals surface area (Å²) in [5, 5.41) is 5.78. The zero-order chi connectivity index (χ0) is 22.1. The Kier molecular flexibility index (Phi) is 9.08. The van der Waals surface area contributed by atoms with Crippen LogP contribution in [0.5, 0.6) is 0 Å². The summed E-state index contributed by atoms with van der Waals surface area (Å²) in [4.78, 5) is 53.9. The minimum absolute atomic E-state index is 0.281. The Bertz CT molecular complexity index is 625. The highest BCUT2D eigenvalue weighted by Crippen LogP contribution is 2.29. The molecule has 2 rings (SSSR count). The van der Waals surface area contributed by atoms with Gasteiger partial charge < -0.3 is 25.2 Å². The molecule has 30 heavy (non-hydrogen) atoms. The number of carbonyl (C=O) groups is 4. The zero-order valence-corrected chi connectivity index (χ0v) is 18.5. The molecule has 2 N–H and O–H groups in total. The van der Waals surface area contributed by atoms with Crippen LogP contribution in [0.4, 0.5) is 4.79 Å². The number of ketones is 1. The van der Waals surface area contributed by atoms with E-state index in [9.17, 15) is 19.2 Å². The summed E-state index contributed by atoms with van der Waals surface area (Å²) in [6.45, 7) is 3.92. The third-order valence-electron chi connectivity index (χ3n) is 5.87. The van der Waals surface area contributed by atoms with Crippen molar-refractivity contribution in [3.63, 3.8) is 0 Å². The van der Waals surface area contributed by atoms with Gasteiger partial charge in [-0.05, 0) is 19.3 Å². The van der Waals surface area contributed by atoms with Gasteiger partial charge in [0.25, 0.3) is 5.91 Å². The van der Waals surface area contributed by atoms with Gasteiger partial charge in [-0.1, -0.05) is 39.0 Å². The smallest absolute Gasteiger partial charge is 0.318 e. The number of nitrogens with zero attached hydrogens (tertiary/aromatic N) is 2. The van der Waals surface area contributed by atoms with Gasteiger partial charge in [0.1, 0.15) is 5.54 Å². The molecule has 1 aliphatic heterocycles. The lowest BCUT2D eigenvalue weighted by Crippen LogP contribution is -2.64. The van der Waals surface area contributed by atoms with Gasteiger partial charge in [0.2, 0.25) is 11.7 Å². The van der Waals surface area contributed by atoms with Gasteiger partial charge in [-0.25, -0.2) is 4.79 Å². The maximum Gasteiger partial charge on any atom is 0.318 e. The number of amides is 4. The number of unbranched alkanes of at least 4 members (excludes halogenated alkanes) is 1. The molecular formula is C21H36N4O5. The van der Waals surface area contributed by atoms with Gasteiger partial charge >= 0.3 is 6.03 Å². The van der Waals surface area contributed by atoms with Crippen LogP contribution in [0.1, 0.15) is 58.3 Å². The lowest BCUT2D eigenvalue weighted by molar-refractivity contribution is -0.145. The molecular weight excluding hydrogens is 388 g/mol. The molecule has 1 unspecified atom stereocenters. The van der Waals surface area contributed by atoms with E-state index >= 15 is 0 Å². The summed E-state index contributed by atoms with van der Waals surface area (Å²) in [6.07, 6.45) is 5.63. The third kappa shape index (κ3) is 6.17. The SMILES string of the molecule is CCCCC(NC(=O)C1(NC(=O)N2CCOCC2)CCCCC1)C(=O)C(=O)N(C)C. The standard InChI is InChI=1S/C21H36N4O5/c1-4-5-9-16(17(26)18(27)24(2)3)22-19(28)21(10-7-6-8-11-21)23-20(29)25-12-14-30-15-13-25/h16H,4-15H2,1-3H3,(H,22,28)(H,23,29). The molecule has 4 amide bonds. The largest absolute Gasteiger partial charge is 0.378 e. The molecule has 0 spiro atoms. The van der Waals surface area contributed by atoms with Gasteiger partial charge in [-0.15, -0.1) is 0 Å². The topological polar surface area (TPSA) is 108 Å². The van der Waals surface area contributed by atoms with Crippen molar-refractivity contribution in [2.75, 3.05) is 40.4 Å². The van der Waals surface area contributed by atoms with Crippen molar-refractivity contribution in [3.8, 4) is 0 Å². The maximum atomic E-state index is 13.4. The average Bonchev–Trinajstić information content (AvgIpc) is 2.76. The molecule has 1 saturated carbocycles. The molecule has 9 nitrogen and oxygen atoms in total. The molecule has 1 aliphatic carbocycles. The molecule has 2 aliphatic rings. The Morgan fingerprint density at radius 1 is 1.07 bits per heavy atom. The van der Waals surface area contributed by atoms with Gasteiger partial charge in [-0.3, -0.25) is 14.4 Å². The predicted octanol–water partition coefficient (Wildman–Crippen LogP) is 1.06. The monoisotopic (exact) mass is 424 g/mol. The van der Waals surface area contributed by atoms with E-state index in [0.717, 1.165) is 25.7 Å². The Labute approximate surface area is 178 Å². The highest BCUT2D eigenvalue weighted by molar-refractivity contribution is 6.38. The fourth-order valence-electron chi connectivity index (χ4n) is 3.96. The summed E-state index contributed by atoms with van der Waals surface area (Å²) in [5.41, 5.74) is -1.06. The fourth-order valence-corrected chi connectivity index (χ4v) is 3.96. The van der Waals surface area contributed by atoms with E-state index in [2.05, 4.69) is 10.6 Å². The van der Waals surface area contributed by atoms with Crippen molar-refractivity contribution in [3.05, 3.63) is 0 Å². The van der Waals surface area contributed by atoms with Crippen LogP contribution in [-0.4, -0.2) is 85.4 Å². The van der Waals surface area contributed by atoms with E-state index in [0.29, 0.717) is 52.0 Å². The van der Waals surface area contributed by atoms with Crippen molar-refractivity contribution in [1.82, 2.24) is 20.4 Å². The third-order valence-corrected chi connectivity index (χ3v) is 5.87. The summed E-state index contributed by atoms with van der Waals surface area (Å²) in [7, 11) is 3.04. The number of hydrogen-bond donors (Lipinski definition) is 2. The molecule has 0 aromatic carbocycles. The van der Waals surface area contributed by atoms with E-state index in [4.69, 9.17) is 4.74 Å². The van der Waals surface area contributed by atoms with E-state index in [1.54, 1.807) is 4.90 Å². The molecule has 1 saturated heterocycles. The quantitative estimate of drug-likeness (QED) is 0.567. The lowest BCUT2D eigenvalue weighted by Gasteiger charge is -2.39. The second kappa shape index (κ2) is 11.3. The molecule has 1 heterocycles. The molecule has 0 bridgehead atoms. The van der Waals surface area contributed by atoms with Crippen LogP contribution in [0, 0.1) is 0 Å². The minimum atomic E-state index is -1.06. The number of carbonyl (C=O) groups excluding carboxylic acids is 4. The normalized spacial score (nSPS) is 19.5. The molecule has 2 fully saturated rings. The van der Waals surface area contributed by atoms with Crippen LogP contribution in [0.15, 0.2) is 0 Å². The predicted molar refractivity (Wildman–Crippen MR) is 112 cm³/mol. The van der Waals surface area contributed by atoms with Gasteiger partial charge in [0, 0.05) is 27.2 Å². The second-order valence-electron chi connectivity index (χ2n) is 8.40. The highest BCUT2D eigenvalue weighted by Gasteiger charge is 2.43. The first-order chi connectivity index (χ1) is 14.3. The van der Waals surface area contributed by atoms with E-state index in [1.807, 2.05) is 6.92 Å². The van der Waals surface area contributed by atoms with Gasteiger partial charge in [0.15, 0.2) is 0 Å². The van der Waals surface area contributed by atoms with Crippen molar-refractivity contribution in [2.45, 2.75) is 69.9 Å². The first kappa shape index (κ1) is 24.1. The molecule has 0 radical (unpaired) electrons. The first-order valence-corrected chi connectivity index (χ1v) is 11.0. The maximum absolute atomic E-state index is 13.4. The number of likely N-dealkylation sites (N-methyl/N-ethyl adjacent to an activating group) is 1. The molecule has 1 atom stereocenters. The second-order valence-corrected chi connectivity index (χ2v) is 8.40. The van der Waals surface area contributed by atoms with Crippen molar-refractivity contribution < 1.29 is 23.9 Å². The fraction of sp³-hybridized carbons (Fsp3) is 0.810. The summed E-state index contributed by atoms with van der Waals surface area (Å²) in [6, 6.07) is -1.16. The molecule has 170 valence electrons. The Hall–Kier alpha value is -2.16. The van der Waals surface area contributed by atoms with Gasteiger partial charge in [0.05, 0.1) is 19.3 Å². The molecule has 0 aromatic rings.